The van der Waals surface area contributed by atoms with Crippen molar-refractivity contribution >= 4 is 5.91 Å². The van der Waals surface area contributed by atoms with Crippen molar-refractivity contribution in [3.8, 4) is 22.8 Å². The molecule has 152 valence electrons. The van der Waals surface area contributed by atoms with Gasteiger partial charge >= 0.3 is 0 Å². The van der Waals surface area contributed by atoms with Crippen LogP contribution in [0.4, 0.5) is 4.39 Å². The molecule has 2 aromatic carbocycles. The van der Waals surface area contributed by atoms with Crippen LogP contribution in [-0.4, -0.2) is 38.7 Å². The van der Waals surface area contributed by atoms with Gasteiger partial charge in [0.15, 0.2) is 11.6 Å². The molecule has 0 N–H and O–H groups in total. The van der Waals surface area contributed by atoms with Crippen LogP contribution in [0.15, 0.2) is 48.5 Å². The van der Waals surface area contributed by atoms with Crippen molar-refractivity contribution in [3.05, 3.63) is 59.9 Å². The maximum atomic E-state index is 13.8. The van der Waals surface area contributed by atoms with Crippen LogP contribution in [-0.2, 0) is 11.3 Å². The fourth-order valence-corrected chi connectivity index (χ4v) is 3.29. The SMILES string of the molecule is CCCN(CCC)C(=O)Cn1nc(-c2ccccc2)nc1-c1ccc(F)c(C)c1. The highest BCUT2D eigenvalue weighted by molar-refractivity contribution is 5.77. The molecule has 1 aromatic heterocycles. The normalized spacial score (nSPS) is 10.9. The van der Waals surface area contributed by atoms with Gasteiger partial charge in [-0.3, -0.25) is 4.79 Å². The Bertz CT molecular complexity index is 962. The molecule has 29 heavy (non-hydrogen) atoms. The Kier molecular flexibility index (Phi) is 6.75. The second-order valence-electron chi connectivity index (χ2n) is 7.13. The van der Waals surface area contributed by atoms with Crippen molar-refractivity contribution in [2.24, 2.45) is 0 Å². The minimum Gasteiger partial charge on any atom is -0.341 e. The number of amides is 1. The van der Waals surface area contributed by atoms with E-state index in [0.29, 0.717) is 17.2 Å². The van der Waals surface area contributed by atoms with Crippen LogP contribution in [0.2, 0.25) is 0 Å². The van der Waals surface area contributed by atoms with E-state index in [0.717, 1.165) is 37.1 Å². The average Bonchev–Trinajstić information content (AvgIpc) is 3.14. The van der Waals surface area contributed by atoms with Crippen molar-refractivity contribution in [1.82, 2.24) is 19.7 Å². The Hall–Kier alpha value is -3.02. The summed E-state index contributed by atoms with van der Waals surface area (Å²) in [6.45, 7) is 7.38. The summed E-state index contributed by atoms with van der Waals surface area (Å²) in [6.07, 6.45) is 1.81. The molecule has 1 heterocycles. The second kappa shape index (κ2) is 9.45. The van der Waals surface area contributed by atoms with Gasteiger partial charge in [-0.25, -0.2) is 14.1 Å². The summed E-state index contributed by atoms with van der Waals surface area (Å²) < 4.78 is 15.4. The Labute approximate surface area is 171 Å². The minimum atomic E-state index is -0.267. The van der Waals surface area contributed by atoms with Crippen molar-refractivity contribution in [3.63, 3.8) is 0 Å². The predicted molar refractivity (Wildman–Crippen MR) is 113 cm³/mol. The maximum Gasteiger partial charge on any atom is 0.244 e. The van der Waals surface area contributed by atoms with Gasteiger partial charge < -0.3 is 4.90 Å². The number of carbonyl (C=O) groups excluding carboxylic acids is 1. The van der Waals surface area contributed by atoms with E-state index < -0.39 is 0 Å². The maximum absolute atomic E-state index is 13.8. The van der Waals surface area contributed by atoms with Crippen LogP contribution in [0.1, 0.15) is 32.3 Å². The van der Waals surface area contributed by atoms with E-state index in [1.165, 1.54) is 6.07 Å². The first kappa shape index (κ1) is 20.7. The molecule has 0 fully saturated rings. The van der Waals surface area contributed by atoms with Crippen LogP contribution >= 0.6 is 0 Å². The van der Waals surface area contributed by atoms with Crippen molar-refractivity contribution < 1.29 is 9.18 Å². The van der Waals surface area contributed by atoms with Crippen LogP contribution in [0.25, 0.3) is 22.8 Å². The molecule has 0 aliphatic heterocycles. The lowest BCUT2D eigenvalue weighted by atomic mass is 10.1. The van der Waals surface area contributed by atoms with Crippen molar-refractivity contribution in [2.45, 2.75) is 40.2 Å². The predicted octanol–water partition coefficient (Wildman–Crippen LogP) is 4.71. The molecule has 0 spiro atoms. The molecule has 0 bridgehead atoms. The molecule has 0 atom stereocenters. The van der Waals surface area contributed by atoms with E-state index in [9.17, 15) is 9.18 Å². The molecule has 0 saturated carbocycles. The number of benzene rings is 2. The first-order chi connectivity index (χ1) is 14.0. The fourth-order valence-electron chi connectivity index (χ4n) is 3.29. The van der Waals surface area contributed by atoms with Crippen molar-refractivity contribution in [1.29, 1.82) is 0 Å². The molecule has 3 aromatic rings. The molecular formula is C23H27FN4O. The third kappa shape index (κ3) is 4.88. The number of rotatable bonds is 8. The van der Waals surface area contributed by atoms with Gasteiger partial charge in [0, 0.05) is 24.2 Å². The molecule has 6 heteroatoms. The van der Waals surface area contributed by atoms with Gasteiger partial charge in [0.25, 0.3) is 0 Å². The number of nitrogens with zero attached hydrogens (tertiary/aromatic N) is 4. The number of carbonyl (C=O) groups is 1. The third-order valence-electron chi connectivity index (χ3n) is 4.74. The van der Waals surface area contributed by atoms with Gasteiger partial charge in [-0.15, -0.1) is 5.10 Å². The largest absolute Gasteiger partial charge is 0.341 e. The number of aromatic nitrogens is 3. The van der Waals surface area contributed by atoms with E-state index in [-0.39, 0.29) is 18.3 Å². The highest BCUT2D eigenvalue weighted by Crippen LogP contribution is 2.24. The Balaban J connectivity index is 2.00. The number of halogens is 1. The van der Waals surface area contributed by atoms with E-state index in [4.69, 9.17) is 0 Å². The molecule has 0 aliphatic rings. The van der Waals surface area contributed by atoms with Crippen molar-refractivity contribution in [2.75, 3.05) is 13.1 Å². The third-order valence-corrected chi connectivity index (χ3v) is 4.74. The second-order valence-corrected chi connectivity index (χ2v) is 7.13. The topological polar surface area (TPSA) is 51.0 Å². The van der Waals surface area contributed by atoms with E-state index >= 15 is 0 Å². The first-order valence-electron chi connectivity index (χ1n) is 10.1. The van der Waals surface area contributed by atoms with E-state index in [2.05, 4.69) is 23.9 Å². The molecule has 5 nitrogen and oxygen atoms in total. The van der Waals surface area contributed by atoms with Gasteiger partial charge in [0.05, 0.1) is 0 Å². The van der Waals surface area contributed by atoms with Crippen LogP contribution in [0, 0.1) is 12.7 Å². The van der Waals surface area contributed by atoms with Gasteiger partial charge in [-0.05, 0) is 43.5 Å². The van der Waals surface area contributed by atoms with Gasteiger partial charge in [-0.1, -0.05) is 44.2 Å². The van der Waals surface area contributed by atoms with Crippen LogP contribution in [0.3, 0.4) is 0 Å². The summed E-state index contributed by atoms with van der Waals surface area (Å²) >= 11 is 0. The lowest BCUT2D eigenvalue weighted by molar-refractivity contribution is -0.132. The number of aryl methyl sites for hydroxylation is 1. The summed E-state index contributed by atoms with van der Waals surface area (Å²) in [5.41, 5.74) is 2.14. The highest BCUT2D eigenvalue weighted by atomic mass is 19.1. The summed E-state index contributed by atoms with van der Waals surface area (Å²) in [5, 5.41) is 4.62. The summed E-state index contributed by atoms with van der Waals surface area (Å²) in [7, 11) is 0. The van der Waals surface area contributed by atoms with Gasteiger partial charge in [-0.2, -0.15) is 0 Å². The fraction of sp³-hybridized carbons (Fsp3) is 0.348. The smallest absolute Gasteiger partial charge is 0.244 e. The molecular weight excluding hydrogens is 367 g/mol. The Morgan fingerprint density at radius 2 is 1.72 bits per heavy atom. The average molecular weight is 394 g/mol. The standard InChI is InChI=1S/C23H27FN4O/c1-4-13-27(14-5-2)21(29)16-28-23(19-11-12-20(24)17(3)15-19)25-22(26-28)18-9-7-6-8-10-18/h6-12,15H,4-5,13-14,16H2,1-3H3. The molecule has 0 saturated heterocycles. The van der Waals surface area contributed by atoms with Crippen LogP contribution in [0.5, 0.6) is 0 Å². The minimum absolute atomic E-state index is 0.0123. The lowest BCUT2D eigenvalue weighted by Crippen LogP contribution is -2.35. The number of hydrogen-bond acceptors (Lipinski definition) is 3. The molecule has 3 rings (SSSR count). The lowest BCUT2D eigenvalue weighted by Gasteiger charge is -2.21. The van der Waals surface area contributed by atoms with Crippen LogP contribution < -0.4 is 0 Å². The highest BCUT2D eigenvalue weighted by Gasteiger charge is 2.19. The summed E-state index contributed by atoms with van der Waals surface area (Å²) in [4.78, 5) is 19.5. The monoisotopic (exact) mass is 394 g/mol. The zero-order valence-corrected chi connectivity index (χ0v) is 17.2. The van der Waals surface area contributed by atoms with Gasteiger partial charge in [0.2, 0.25) is 5.91 Å². The Morgan fingerprint density at radius 3 is 2.34 bits per heavy atom. The zero-order chi connectivity index (χ0) is 20.8. The molecule has 0 radical (unpaired) electrons. The first-order valence-corrected chi connectivity index (χ1v) is 10.1. The van der Waals surface area contributed by atoms with E-state index in [1.807, 2.05) is 35.2 Å². The summed E-state index contributed by atoms with van der Waals surface area (Å²) in [6, 6.07) is 14.5. The Morgan fingerprint density at radius 1 is 1.03 bits per heavy atom. The number of hydrogen-bond donors (Lipinski definition) is 0. The zero-order valence-electron chi connectivity index (χ0n) is 17.2. The molecule has 0 unspecified atom stereocenters. The molecule has 0 aliphatic carbocycles. The summed E-state index contributed by atoms with van der Waals surface area (Å²) in [5.74, 6) is 0.857. The quantitative estimate of drug-likeness (QED) is 0.556. The molecule has 1 amide bonds. The van der Waals surface area contributed by atoms with E-state index in [1.54, 1.807) is 23.7 Å². The van der Waals surface area contributed by atoms with Gasteiger partial charge in [0.1, 0.15) is 12.4 Å².